The minimum atomic E-state index is -3.71. The topological polar surface area (TPSA) is 66.5 Å². The van der Waals surface area contributed by atoms with Gasteiger partial charge in [-0.3, -0.25) is 9.52 Å². The number of anilines is 1. The fourth-order valence-electron chi connectivity index (χ4n) is 3.48. The molecule has 1 saturated heterocycles. The third-order valence-electron chi connectivity index (χ3n) is 5.40. The van der Waals surface area contributed by atoms with Gasteiger partial charge in [0.05, 0.1) is 10.6 Å². The van der Waals surface area contributed by atoms with E-state index in [2.05, 4.69) is 4.72 Å². The number of aryl methyl sites for hydroxylation is 1. The maximum absolute atomic E-state index is 12.8. The summed E-state index contributed by atoms with van der Waals surface area (Å²) in [6.45, 7) is 5.37. The number of nitrogens with one attached hydrogen (secondary N) is 1. The van der Waals surface area contributed by atoms with Crippen molar-refractivity contribution in [3.63, 3.8) is 0 Å². The van der Waals surface area contributed by atoms with E-state index in [-0.39, 0.29) is 10.8 Å². The van der Waals surface area contributed by atoms with Crippen LogP contribution >= 0.6 is 0 Å². The van der Waals surface area contributed by atoms with E-state index in [1.807, 2.05) is 30.9 Å². The van der Waals surface area contributed by atoms with Gasteiger partial charge in [0.2, 0.25) is 0 Å². The highest BCUT2D eigenvalue weighted by Crippen LogP contribution is 2.22. The third-order valence-corrected chi connectivity index (χ3v) is 6.79. The molecule has 0 atom stereocenters. The first-order chi connectivity index (χ1) is 13.4. The zero-order valence-electron chi connectivity index (χ0n) is 16.6. The van der Waals surface area contributed by atoms with Crippen molar-refractivity contribution in [3.8, 4) is 0 Å². The molecule has 28 heavy (non-hydrogen) atoms. The van der Waals surface area contributed by atoms with Gasteiger partial charge in [-0.2, -0.15) is 0 Å². The smallest absolute Gasteiger partial charge is 0.261 e. The van der Waals surface area contributed by atoms with Crippen molar-refractivity contribution in [2.45, 2.75) is 50.8 Å². The lowest BCUT2D eigenvalue weighted by atomic mass is 10.1. The van der Waals surface area contributed by atoms with Crippen LogP contribution in [0.3, 0.4) is 0 Å². The monoisotopic (exact) mass is 400 g/mol. The predicted octanol–water partition coefficient (Wildman–Crippen LogP) is 4.51. The van der Waals surface area contributed by atoms with Crippen molar-refractivity contribution >= 4 is 21.6 Å². The molecule has 1 fully saturated rings. The van der Waals surface area contributed by atoms with Crippen LogP contribution in [0.5, 0.6) is 0 Å². The van der Waals surface area contributed by atoms with E-state index in [9.17, 15) is 13.2 Å². The third kappa shape index (κ3) is 4.73. The van der Waals surface area contributed by atoms with Crippen molar-refractivity contribution < 1.29 is 13.2 Å². The zero-order valence-corrected chi connectivity index (χ0v) is 17.4. The summed E-state index contributed by atoms with van der Waals surface area (Å²) in [5, 5.41) is 0. The lowest BCUT2D eigenvalue weighted by Gasteiger charge is -2.25. The lowest BCUT2D eigenvalue weighted by Crippen LogP contribution is -2.33. The summed E-state index contributed by atoms with van der Waals surface area (Å²) in [6, 6.07) is 11.7. The van der Waals surface area contributed by atoms with Crippen molar-refractivity contribution in [2.24, 2.45) is 0 Å². The van der Waals surface area contributed by atoms with Gasteiger partial charge in [0, 0.05) is 18.7 Å². The molecule has 2 aromatic rings. The molecule has 0 bridgehead atoms. The average molecular weight is 401 g/mol. The SMILES string of the molecule is Cc1cccc(NS(=O)(=O)c2ccc(C(=O)N3CCCCCCC3)cc2)c1C. The number of carbonyl (C=O) groups is 1. The number of hydrogen-bond donors (Lipinski definition) is 1. The van der Waals surface area contributed by atoms with Crippen LogP contribution in [-0.2, 0) is 10.0 Å². The van der Waals surface area contributed by atoms with Crippen LogP contribution in [0.4, 0.5) is 5.69 Å². The van der Waals surface area contributed by atoms with Crippen molar-refractivity contribution in [1.82, 2.24) is 4.90 Å². The normalized spacial score (nSPS) is 15.6. The summed E-state index contributed by atoms with van der Waals surface area (Å²) >= 11 is 0. The van der Waals surface area contributed by atoms with Gasteiger partial charge < -0.3 is 4.90 Å². The highest BCUT2D eigenvalue weighted by Gasteiger charge is 2.19. The molecule has 5 nitrogen and oxygen atoms in total. The Balaban J connectivity index is 1.75. The van der Waals surface area contributed by atoms with Gasteiger partial charge >= 0.3 is 0 Å². The lowest BCUT2D eigenvalue weighted by molar-refractivity contribution is 0.0742. The fourth-order valence-corrected chi connectivity index (χ4v) is 4.60. The largest absolute Gasteiger partial charge is 0.339 e. The van der Waals surface area contributed by atoms with Crippen molar-refractivity contribution in [3.05, 3.63) is 59.2 Å². The van der Waals surface area contributed by atoms with E-state index in [1.165, 1.54) is 18.6 Å². The van der Waals surface area contributed by atoms with Crippen LogP contribution in [0.15, 0.2) is 47.4 Å². The molecule has 1 heterocycles. The summed E-state index contributed by atoms with van der Waals surface area (Å²) in [4.78, 5) is 14.8. The molecule has 3 rings (SSSR count). The van der Waals surface area contributed by atoms with Crippen molar-refractivity contribution in [1.29, 1.82) is 0 Å². The number of benzene rings is 2. The van der Waals surface area contributed by atoms with Gasteiger partial charge in [0.15, 0.2) is 0 Å². The van der Waals surface area contributed by atoms with Gasteiger partial charge in [-0.15, -0.1) is 0 Å². The highest BCUT2D eigenvalue weighted by molar-refractivity contribution is 7.92. The molecule has 0 spiro atoms. The number of nitrogens with zero attached hydrogens (tertiary/aromatic N) is 1. The molecule has 0 radical (unpaired) electrons. The van der Waals surface area contributed by atoms with Crippen LogP contribution in [0.1, 0.15) is 53.6 Å². The average Bonchev–Trinajstić information content (AvgIpc) is 2.65. The minimum Gasteiger partial charge on any atom is -0.339 e. The van der Waals surface area contributed by atoms with E-state index in [4.69, 9.17) is 0 Å². The van der Waals surface area contributed by atoms with Crippen LogP contribution in [0, 0.1) is 13.8 Å². The van der Waals surface area contributed by atoms with Gasteiger partial charge in [-0.05, 0) is 68.1 Å². The first-order valence-corrected chi connectivity index (χ1v) is 11.4. The van der Waals surface area contributed by atoms with Gasteiger partial charge in [0.1, 0.15) is 0 Å². The summed E-state index contributed by atoms with van der Waals surface area (Å²) in [5.74, 6) is -0.0201. The first-order valence-electron chi connectivity index (χ1n) is 9.87. The molecule has 1 amide bonds. The minimum absolute atomic E-state index is 0.0201. The molecule has 1 aliphatic heterocycles. The van der Waals surface area contributed by atoms with E-state index >= 15 is 0 Å². The first kappa shape index (κ1) is 20.4. The molecular formula is C22H28N2O3S. The van der Waals surface area contributed by atoms with Crippen molar-refractivity contribution in [2.75, 3.05) is 17.8 Å². The summed E-state index contributed by atoms with van der Waals surface area (Å²) < 4.78 is 28.1. The van der Waals surface area contributed by atoms with Gasteiger partial charge in [-0.25, -0.2) is 8.42 Å². The molecule has 0 aliphatic carbocycles. The molecule has 150 valence electrons. The molecule has 2 aromatic carbocycles. The number of sulfonamides is 1. The highest BCUT2D eigenvalue weighted by atomic mass is 32.2. The Hall–Kier alpha value is -2.34. The molecule has 0 unspecified atom stereocenters. The summed E-state index contributed by atoms with van der Waals surface area (Å²) in [7, 11) is -3.71. The number of amides is 1. The Labute approximate surface area is 167 Å². The fraction of sp³-hybridized carbons (Fsp3) is 0.409. The van der Waals surface area contributed by atoms with Gasteiger partial charge in [0.25, 0.3) is 15.9 Å². The van der Waals surface area contributed by atoms with Crippen LogP contribution < -0.4 is 4.72 Å². The van der Waals surface area contributed by atoms with Gasteiger partial charge in [-0.1, -0.05) is 31.4 Å². The number of carbonyl (C=O) groups excluding carboxylic acids is 1. The molecule has 0 saturated carbocycles. The van der Waals surface area contributed by atoms with Crippen LogP contribution in [0.25, 0.3) is 0 Å². The number of hydrogen-bond acceptors (Lipinski definition) is 3. The van der Waals surface area contributed by atoms with Crippen LogP contribution in [0.2, 0.25) is 0 Å². The standard InChI is InChI=1S/C22H28N2O3S/c1-17-9-8-10-21(18(17)2)23-28(26,27)20-13-11-19(12-14-20)22(25)24-15-6-4-3-5-7-16-24/h8-14,23H,3-7,15-16H2,1-2H3. The molecule has 1 N–H and O–H groups in total. The Morgan fingerprint density at radius 1 is 0.893 bits per heavy atom. The van der Waals surface area contributed by atoms with E-state index in [0.717, 1.165) is 49.9 Å². The Morgan fingerprint density at radius 3 is 2.14 bits per heavy atom. The maximum atomic E-state index is 12.8. The van der Waals surface area contributed by atoms with Crippen LogP contribution in [-0.4, -0.2) is 32.3 Å². The van der Waals surface area contributed by atoms with E-state index in [1.54, 1.807) is 18.2 Å². The second-order valence-electron chi connectivity index (χ2n) is 7.44. The molecular weight excluding hydrogens is 372 g/mol. The molecule has 6 heteroatoms. The molecule has 0 aromatic heterocycles. The summed E-state index contributed by atoms with van der Waals surface area (Å²) in [6.07, 6.45) is 5.61. The van der Waals surface area contributed by atoms with E-state index < -0.39 is 10.0 Å². The number of rotatable bonds is 4. The number of likely N-dealkylation sites (tertiary alicyclic amines) is 1. The summed E-state index contributed by atoms with van der Waals surface area (Å²) in [5.41, 5.74) is 3.02. The predicted molar refractivity (Wildman–Crippen MR) is 112 cm³/mol. The second-order valence-corrected chi connectivity index (χ2v) is 9.12. The second kappa shape index (κ2) is 8.78. The Bertz CT molecular complexity index is 929. The quantitative estimate of drug-likeness (QED) is 0.821. The molecule has 1 aliphatic rings. The maximum Gasteiger partial charge on any atom is 0.261 e. The zero-order chi connectivity index (χ0) is 20.1. The van der Waals surface area contributed by atoms with E-state index in [0.29, 0.717) is 11.3 Å². The Kier molecular flexibility index (Phi) is 6.39. The Morgan fingerprint density at radius 2 is 1.50 bits per heavy atom.